The highest BCUT2D eigenvalue weighted by molar-refractivity contribution is 6.35. The first-order valence-corrected chi connectivity index (χ1v) is 8.41. The maximum Gasteiger partial charge on any atom is 0.165 e. The number of halogens is 2. The number of ether oxygens (including phenoxy) is 1. The second-order valence-electron chi connectivity index (χ2n) is 5.54. The molecule has 0 bridgehead atoms. The molecule has 124 valence electrons. The molecule has 24 heavy (non-hydrogen) atoms. The first kappa shape index (κ1) is 15.6. The van der Waals surface area contributed by atoms with Gasteiger partial charge >= 0.3 is 0 Å². The van der Waals surface area contributed by atoms with Gasteiger partial charge in [-0.2, -0.15) is 0 Å². The number of fused-ring (bicyclic) bond motifs is 1. The van der Waals surface area contributed by atoms with Crippen molar-refractivity contribution < 1.29 is 4.74 Å². The Balaban J connectivity index is 1.71. The molecule has 6 nitrogen and oxygen atoms in total. The molecule has 3 heterocycles. The van der Waals surface area contributed by atoms with Gasteiger partial charge in [0.1, 0.15) is 6.33 Å². The lowest BCUT2D eigenvalue weighted by atomic mass is 10.2. The van der Waals surface area contributed by atoms with Gasteiger partial charge in [0.25, 0.3) is 0 Å². The lowest BCUT2D eigenvalue weighted by Crippen LogP contribution is -2.37. The number of hydrogen-bond donors (Lipinski definition) is 0. The fourth-order valence-corrected chi connectivity index (χ4v) is 3.36. The number of hydrogen-bond acceptors (Lipinski definition) is 5. The minimum absolute atomic E-state index is 0.490. The second-order valence-corrected chi connectivity index (χ2v) is 6.36. The Bertz CT molecular complexity index is 811. The molecule has 1 fully saturated rings. The minimum Gasteiger partial charge on any atom is -0.378 e. The van der Waals surface area contributed by atoms with Gasteiger partial charge < -0.3 is 14.2 Å². The number of nitrogens with zero attached hydrogens (tertiary/aromatic N) is 5. The maximum atomic E-state index is 6.28. The van der Waals surface area contributed by atoms with Crippen LogP contribution in [-0.4, -0.2) is 45.8 Å². The summed E-state index contributed by atoms with van der Waals surface area (Å²) in [5, 5.41) is 1.25. The van der Waals surface area contributed by atoms with Gasteiger partial charge in [-0.25, -0.2) is 15.0 Å². The van der Waals surface area contributed by atoms with Crippen LogP contribution in [0.1, 0.15) is 5.56 Å². The van der Waals surface area contributed by atoms with Crippen molar-refractivity contribution in [3.63, 3.8) is 0 Å². The molecule has 8 heteroatoms. The Morgan fingerprint density at radius 1 is 1.04 bits per heavy atom. The van der Waals surface area contributed by atoms with E-state index in [1.807, 2.05) is 22.8 Å². The molecule has 0 amide bonds. The predicted molar refractivity (Wildman–Crippen MR) is 93.0 cm³/mol. The Kier molecular flexibility index (Phi) is 4.26. The Hall–Kier alpha value is -1.89. The molecule has 1 aromatic carbocycles. The van der Waals surface area contributed by atoms with Crippen LogP contribution in [0, 0.1) is 0 Å². The van der Waals surface area contributed by atoms with Crippen LogP contribution in [0.4, 0.5) is 5.82 Å². The van der Waals surface area contributed by atoms with Crippen molar-refractivity contribution in [2.24, 2.45) is 0 Å². The summed E-state index contributed by atoms with van der Waals surface area (Å²) in [6.07, 6.45) is 3.32. The number of benzene rings is 1. The molecule has 3 aliphatic rings. The summed E-state index contributed by atoms with van der Waals surface area (Å²) < 4.78 is 7.32. The van der Waals surface area contributed by atoms with Crippen molar-refractivity contribution in [3.8, 4) is 11.5 Å². The predicted octanol–water partition coefficient (Wildman–Crippen LogP) is 2.97. The van der Waals surface area contributed by atoms with E-state index in [-0.39, 0.29) is 0 Å². The molecule has 0 atom stereocenters. The SMILES string of the molecule is Clc1cccc(Cl)c1Cn1cnc(N2CCOCC2)c2ncnc1-2. The molecule has 0 saturated carbocycles. The monoisotopic (exact) mass is 363 g/mol. The first-order chi connectivity index (χ1) is 11.7. The van der Waals surface area contributed by atoms with E-state index in [1.54, 1.807) is 12.7 Å². The average Bonchev–Trinajstić information content (AvgIpc) is 3.09. The maximum absolute atomic E-state index is 6.28. The quantitative estimate of drug-likeness (QED) is 0.715. The zero-order chi connectivity index (χ0) is 16.5. The van der Waals surface area contributed by atoms with Crippen LogP contribution in [0.25, 0.3) is 11.5 Å². The van der Waals surface area contributed by atoms with E-state index in [0.717, 1.165) is 36.0 Å². The fraction of sp³-hybridized carbons (Fsp3) is 0.312. The number of rotatable bonds is 3. The van der Waals surface area contributed by atoms with Crippen LogP contribution in [0.5, 0.6) is 0 Å². The van der Waals surface area contributed by atoms with Crippen LogP contribution in [0.3, 0.4) is 0 Å². The molecule has 1 aromatic rings. The van der Waals surface area contributed by atoms with Gasteiger partial charge in [-0.3, -0.25) is 0 Å². The summed E-state index contributed by atoms with van der Waals surface area (Å²) in [5.74, 6) is 1.61. The highest BCUT2D eigenvalue weighted by Crippen LogP contribution is 2.30. The van der Waals surface area contributed by atoms with Gasteiger partial charge in [0.2, 0.25) is 0 Å². The zero-order valence-electron chi connectivity index (χ0n) is 12.8. The third-order valence-corrected chi connectivity index (χ3v) is 4.79. The molecule has 1 saturated heterocycles. The molecule has 0 radical (unpaired) electrons. The summed E-state index contributed by atoms with van der Waals surface area (Å²) in [7, 11) is 0. The van der Waals surface area contributed by atoms with E-state index < -0.39 is 0 Å². The summed E-state index contributed by atoms with van der Waals surface area (Å²) in [6.45, 7) is 3.48. The normalized spacial score (nSPS) is 15.2. The Morgan fingerprint density at radius 3 is 2.54 bits per heavy atom. The van der Waals surface area contributed by atoms with Crippen molar-refractivity contribution >= 4 is 29.0 Å². The first-order valence-electron chi connectivity index (χ1n) is 7.65. The molecule has 0 aliphatic carbocycles. The largest absolute Gasteiger partial charge is 0.378 e. The molecule has 0 N–H and O–H groups in total. The average molecular weight is 364 g/mol. The van der Waals surface area contributed by atoms with Gasteiger partial charge in [-0.05, 0) is 12.1 Å². The van der Waals surface area contributed by atoms with E-state index in [2.05, 4.69) is 19.9 Å². The van der Waals surface area contributed by atoms with Crippen LogP contribution in [-0.2, 0) is 11.3 Å². The van der Waals surface area contributed by atoms with Crippen LogP contribution in [0.2, 0.25) is 10.0 Å². The summed E-state index contributed by atoms with van der Waals surface area (Å²) in [4.78, 5) is 15.6. The molecule has 0 spiro atoms. The zero-order valence-corrected chi connectivity index (χ0v) is 14.3. The van der Waals surface area contributed by atoms with Crippen LogP contribution in [0.15, 0.2) is 30.9 Å². The Morgan fingerprint density at radius 2 is 1.79 bits per heavy atom. The third-order valence-electron chi connectivity index (χ3n) is 4.08. The molecular formula is C16H15Cl2N5O. The fourth-order valence-electron chi connectivity index (χ4n) is 2.84. The Labute approximate surface area is 149 Å². The summed E-state index contributed by atoms with van der Waals surface area (Å²) >= 11 is 12.6. The standard InChI is InChI=1S/C16H15Cl2N5O/c17-12-2-1-3-13(18)11(12)8-23-10-21-16(14-15(23)20-9-19-14)22-4-6-24-7-5-22/h1-3,9-10H,4-8H2. The van der Waals surface area contributed by atoms with Crippen molar-refractivity contribution in [1.29, 1.82) is 0 Å². The van der Waals surface area contributed by atoms with Crippen molar-refractivity contribution in [3.05, 3.63) is 46.5 Å². The molecular weight excluding hydrogens is 349 g/mol. The van der Waals surface area contributed by atoms with Gasteiger partial charge in [0.05, 0.1) is 26.1 Å². The van der Waals surface area contributed by atoms with E-state index in [0.29, 0.717) is 29.8 Å². The number of imidazole rings is 1. The van der Waals surface area contributed by atoms with Crippen LogP contribution < -0.4 is 4.90 Å². The van der Waals surface area contributed by atoms with E-state index in [4.69, 9.17) is 27.9 Å². The van der Waals surface area contributed by atoms with Crippen molar-refractivity contribution in [2.45, 2.75) is 6.54 Å². The lowest BCUT2D eigenvalue weighted by molar-refractivity contribution is 0.122. The number of anilines is 1. The van der Waals surface area contributed by atoms with Gasteiger partial charge in [-0.15, -0.1) is 0 Å². The minimum atomic E-state index is 0.490. The molecule has 0 aromatic heterocycles. The van der Waals surface area contributed by atoms with Crippen molar-refractivity contribution in [1.82, 2.24) is 19.5 Å². The van der Waals surface area contributed by atoms with Crippen LogP contribution >= 0.6 is 23.2 Å². The molecule has 4 rings (SSSR count). The highest BCUT2D eigenvalue weighted by Gasteiger charge is 2.23. The number of morpholine rings is 1. The van der Waals surface area contributed by atoms with E-state index >= 15 is 0 Å². The second kappa shape index (κ2) is 6.55. The van der Waals surface area contributed by atoms with Gasteiger partial charge in [0.15, 0.2) is 17.3 Å². The summed E-state index contributed by atoms with van der Waals surface area (Å²) in [6, 6.07) is 5.48. The topological polar surface area (TPSA) is 56.1 Å². The number of aromatic nitrogens is 4. The molecule has 0 unspecified atom stereocenters. The van der Waals surface area contributed by atoms with E-state index in [9.17, 15) is 0 Å². The van der Waals surface area contributed by atoms with Gasteiger partial charge in [0, 0.05) is 28.7 Å². The third kappa shape index (κ3) is 2.81. The van der Waals surface area contributed by atoms with Crippen molar-refractivity contribution in [2.75, 3.05) is 31.2 Å². The highest BCUT2D eigenvalue weighted by atomic mass is 35.5. The van der Waals surface area contributed by atoms with Gasteiger partial charge in [-0.1, -0.05) is 29.3 Å². The molecule has 3 aliphatic heterocycles. The smallest absolute Gasteiger partial charge is 0.165 e. The lowest BCUT2D eigenvalue weighted by Gasteiger charge is -2.29. The summed E-state index contributed by atoms with van der Waals surface area (Å²) in [5.41, 5.74) is 1.62. The van der Waals surface area contributed by atoms with E-state index in [1.165, 1.54) is 0 Å².